The fourth-order valence-corrected chi connectivity index (χ4v) is 3.24. The van der Waals surface area contributed by atoms with E-state index in [0.29, 0.717) is 18.7 Å². The fraction of sp³-hybridized carbons (Fsp3) is 0.182. The Morgan fingerprint density at radius 2 is 1.87 bits per heavy atom. The van der Waals surface area contributed by atoms with E-state index in [1.165, 1.54) is 0 Å². The van der Waals surface area contributed by atoms with E-state index < -0.39 is 12.1 Å². The van der Waals surface area contributed by atoms with Crippen molar-refractivity contribution < 1.29 is 14.4 Å². The number of carboxylic acid groups (broad SMARTS) is 1. The van der Waals surface area contributed by atoms with Gasteiger partial charge in [-0.15, -0.1) is 0 Å². The summed E-state index contributed by atoms with van der Waals surface area (Å²) in [5.41, 5.74) is 4.05. The number of imidazole rings is 1. The van der Waals surface area contributed by atoms with Crippen LogP contribution in [0.1, 0.15) is 29.0 Å². The van der Waals surface area contributed by atoms with Crippen molar-refractivity contribution in [3.8, 4) is 11.1 Å². The van der Waals surface area contributed by atoms with Gasteiger partial charge in [-0.3, -0.25) is 0 Å². The predicted molar refractivity (Wildman–Crippen MR) is 110 cm³/mol. The summed E-state index contributed by atoms with van der Waals surface area (Å²) < 4.78 is 7.15. The molecule has 1 amide bonds. The average molecular weight is 403 g/mol. The first-order chi connectivity index (χ1) is 14.6. The van der Waals surface area contributed by atoms with Crippen LogP contribution in [0.4, 0.5) is 4.79 Å². The SMILES string of the molecule is Cn1cnc(C[C@H](NC(=O)O)c2nc(Cc3ccc(-c4ccccc4)cc3)no2)c1. The highest BCUT2D eigenvalue weighted by atomic mass is 16.5. The second-order valence-corrected chi connectivity index (χ2v) is 7.03. The smallest absolute Gasteiger partial charge is 0.405 e. The normalized spacial score (nSPS) is 11.9. The van der Waals surface area contributed by atoms with Crippen LogP contribution in [0.5, 0.6) is 0 Å². The number of rotatable bonds is 7. The molecule has 0 aliphatic heterocycles. The highest BCUT2D eigenvalue weighted by molar-refractivity contribution is 5.65. The van der Waals surface area contributed by atoms with Crippen LogP contribution in [-0.4, -0.2) is 30.9 Å². The number of hydrogen-bond acceptors (Lipinski definition) is 5. The minimum absolute atomic E-state index is 0.221. The molecule has 8 heteroatoms. The third-order valence-electron chi connectivity index (χ3n) is 4.67. The van der Waals surface area contributed by atoms with Crippen molar-refractivity contribution >= 4 is 6.09 Å². The van der Waals surface area contributed by atoms with Crippen LogP contribution in [-0.2, 0) is 19.9 Å². The molecule has 1 atom stereocenters. The van der Waals surface area contributed by atoms with E-state index in [2.05, 4.69) is 44.7 Å². The minimum Gasteiger partial charge on any atom is -0.465 e. The Labute approximate surface area is 173 Å². The number of nitrogens with zero attached hydrogens (tertiary/aromatic N) is 4. The molecule has 0 radical (unpaired) electrons. The Morgan fingerprint density at radius 1 is 1.13 bits per heavy atom. The summed E-state index contributed by atoms with van der Waals surface area (Å²) >= 11 is 0. The Balaban J connectivity index is 1.47. The maximum Gasteiger partial charge on any atom is 0.405 e. The van der Waals surface area contributed by atoms with Crippen molar-refractivity contribution in [2.75, 3.05) is 0 Å². The largest absolute Gasteiger partial charge is 0.465 e. The molecule has 2 aromatic carbocycles. The van der Waals surface area contributed by atoms with Gasteiger partial charge in [-0.2, -0.15) is 4.98 Å². The number of benzene rings is 2. The van der Waals surface area contributed by atoms with E-state index in [0.717, 1.165) is 22.4 Å². The quantitative estimate of drug-likeness (QED) is 0.488. The molecule has 30 heavy (non-hydrogen) atoms. The highest BCUT2D eigenvalue weighted by Gasteiger charge is 2.22. The van der Waals surface area contributed by atoms with Gasteiger partial charge >= 0.3 is 6.09 Å². The second-order valence-electron chi connectivity index (χ2n) is 7.03. The van der Waals surface area contributed by atoms with Crippen LogP contribution in [0.25, 0.3) is 11.1 Å². The van der Waals surface area contributed by atoms with Gasteiger partial charge in [0.2, 0.25) is 5.89 Å². The predicted octanol–water partition coefficient (Wildman–Crippen LogP) is 3.61. The fourth-order valence-electron chi connectivity index (χ4n) is 3.24. The average Bonchev–Trinajstić information content (AvgIpc) is 3.37. The monoisotopic (exact) mass is 403 g/mol. The van der Waals surface area contributed by atoms with Gasteiger partial charge in [-0.1, -0.05) is 59.8 Å². The number of carbonyl (C=O) groups is 1. The Kier molecular flexibility index (Phi) is 5.56. The minimum atomic E-state index is -1.16. The molecule has 0 aliphatic carbocycles. The van der Waals surface area contributed by atoms with Crippen LogP contribution in [0.15, 0.2) is 71.6 Å². The zero-order chi connectivity index (χ0) is 20.9. The van der Waals surface area contributed by atoms with Gasteiger partial charge in [-0.25, -0.2) is 9.78 Å². The van der Waals surface area contributed by atoms with Gasteiger partial charge in [0.15, 0.2) is 5.82 Å². The Morgan fingerprint density at radius 3 is 2.53 bits per heavy atom. The molecule has 2 heterocycles. The third kappa shape index (κ3) is 4.72. The van der Waals surface area contributed by atoms with Gasteiger partial charge in [0, 0.05) is 26.1 Å². The molecule has 0 fully saturated rings. The molecule has 2 N–H and O–H groups in total. The van der Waals surface area contributed by atoms with Crippen LogP contribution < -0.4 is 5.32 Å². The van der Waals surface area contributed by atoms with Crippen LogP contribution in [0, 0.1) is 0 Å². The van der Waals surface area contributed by atoms with Gasteiger partial charge in [0.1, 0.15) is 6.04 Å². The number of nitrogens with one attached hydrogen (secondary N) is 1. The van der Waals surface area contributed by atoms with E-state index in [9.17, 15) is 4.79 Å². The second kappa shape index (κ2) is 8.60. The van der Waals surface area contributed by atoms with E-state index >= 15 is 0 Å². The third-order valence-corrected chi connectivity index (χ3v) is 4.67. The number of hydrogen-bond donors (Lipinski definition) is 2. The van der Waals surface area contributed by atoms with E-state index in [1.54, 1.807) is 10.9 Å². The van der Waals surface area contributed by atoms with Gasteiger partial charge in [0.05, 0.1) is 12.0 Å². The van der Waals surface area contributed by atoms with E-state index in [4.69, 9.17) is 9.63 Å². The van der Waals surface area contributed by atoms with Crippen LogP contribution >= 0.6 is 0 Å². The molecular weight excluding hydrogens is 382 g/mol. The summed E-state index contributed by atoms with van der Waals surface area (Å²) in [6.45, 7) is 0. The van der Waals surface area contributed by atoms with Crippen LogP contribution in [0.3, 0.4) is 0 Å². The van der Waals surface area contributed by atoms with Crippen molar-refractivity contribution in [1.82, 2.24) is 25.0 Å². The topological polar surface area (TPSA) is 106 Å². The van der Waals surface area contributed by atoms with Crippen molar-refractivity contribution in [3.63, 3.8) is 0 Å². The Hall–Kier alpha value is -3.94. The van der Waals surface area contributed by atoms with Gasteiger partial charge < -0.3 is 19.5 Å². The number of aryl methyl sites for hydroxylation is 1. The van der Waals surface area contributed by atoms with Crippen molar-refractivity contribution in [2.24, 2.45) is 7.05 Å². The summed E-state index contributed by atoms with van der Waals surface area (Å²) in [6.07, 6.45) is 3.13. The summed E-state index contributed by atoms with van der Waals surface area (Å²) in [4.78, 5) is 19.8. The maximum absolute atomic E-state index is 11.2. The molecule has 4 aromatic rings. The number of aromatic nitrogens is 4. The molecule has 2 aromatic heterocycles. The van der Waals surface area contributed by atoms with E-state index in [-0.39, 0.29) is 5.89 Å². The zero-order valence-corrected chi connectivity index (χ0v) is 16.4. The van der Waals surface area contributed by atoms with E-state index in [1.807, 2.05) is 43.6 Å². The summed E-state index contributed by atoms with van der Waals surface area (Å²) in [5, 5.41) is 15.6. The maximum atomic E-state index is 11.2. The van der Waals surface area contributed by atoms with Crippen molar-refractivity contribution in [2.45, 2.75) is 18.9 Å². The lowest BCUT2D eigenvalue weighted by molar-refractivity contribution is 0.186. The molecule has 8 nitrogen and oxygen atoms in total. The van der Waals surface area contributed by atoms with Crippen molar-refractivity contribution in [1.29, 1.82) is 0 Å². The summed E-state index contributed by atoms with van der Waals surface area (Å²) in [6, 6.07) is 17.6. The number of amides is 1. The standard InChI is InChI=1S/C22H21N5O3/c1-27-13-18(23-14-27)12-19(24-22(28)29)21-25-20(26-30-21)11-15-7-9-17(10-8-15)16-5-3-2-4-6-16/h2-10,13-14,19,24H,11-12H2,1H3,(H,28,29)/t19-/m0/s1. The first-order valence-electron chi connectivity index (χ1n) is 9.50. The highest BCUT2D eigenvalue weighted by Crippen LogP contribution is 2.21. The van der Waals surface area contributed by atoms with Crippen LogP contribution in [0.2, 0.25) is 0 Å². The lowest BCUT2D eigenvalue weighted by Gasteiger charge is -2.10. The molecule has 152 valence electrons. The first kappa shape index (κ1) is 19.4. The Bertz CT molecular complexity index is 1120. The molecule has 0 bridgehead atoms. The molecule has 0 spiro atoms. The van der Waals surface area contributed by atoms with Crippen molar-refractivity contribution in [3.05, 3.63) is 90.1 Å². The van der Waals surface area contributed by atoms with Gasteiger partial charge in [0.25, 0.3) is 0 Å². The summed E-state index contributed by atoms with van der Waals surface area (Å²) in [5.74, 6) is 0.717. The molecule has 4 rings (SSSR count). The molecule has 0 saturated heterocycles. The molecule has 0 unspecified atom stereocenters. The molecular formula is C22H21N5O3. The van der Waals surface area contributed by atoms with Gasteiger partial charge in [-0.05, 0) is 16.7 Å². The zero-order valence-electron chi connectivity index (χ0n) is 16.4. The first-order valence-corrected chi connectivity index (χ1v) is 9.50. The lowest BCUT2D eigenvalue weighted by Crippen LogP contribution is -2.28. The molecule has 0 saturated carbocycles. The molecule has 0 aliphatic rings. The lowest BCUT2D eigenvalue weighted by atomic mass is 10.0. The summed E-state index contributed by atoms with van der Waals surface area (Å²) in [7, 11) is 1.85.